The Balaban J connectivity index is 2.29. The molecule has 0 radical (unpaired) electrons. The lowest BCUT2D eigenvalue weighted by Crippen LogP contribution is -2.09. The lowest BCUT2D eigenvalue weighted by molar-refractivity contribution is -0.123. The number of carbonyl (C=O) groups excluding carboxylic acids is 2. The zero-order valence-electron chi connectivity index (χ0n) is 7.53. The van der Waals surface area contributed by atoms with Crippen LogP contribution in [0, 0.1) is 0 Å². The maximum absolute atomic E-state index is 11.4. The molecule has 1 N–H and O–H groups in total. The van der Waals surface area contributed by atoms with Gasteiger partial charge in [0.05, 0.1) is 6.61 Å². The monoisotopic (exact) mass is 210 g/mol. The van der Waals surface area contributed by atoms with Crippen molar-refractivity contribution < 1.29 is 14.7 Å². The van der Waals surface area contributed by atoms with Crippen LogP contribution in [0.1, 0.15) is 29.2 Å². The lowest BCUT2D eigenvalue weighted by Gasteiger charge is -2.01. The SMILES string of the molecule is O=C1CCC(=O)C1c1cc(CO)cs1. The van der Waals surface area contributed by atoms with Gasteiger partial charge in [-0.05, 0) is 17.0 Å². The third kappa shape index (κ3) is 1.51. The molecule has 0 atom stereocenters. The molecule has 14 heavy (non-hydrogen) atoms. The van der Waals surface area contributed by atoms with Gasteiger partial charge in [0.1, 0.15) is 17.5 Å². The molecule has 1 aromatic rings. The second kappa shape index (κ2) is 3.63. The van der Waals surface area contributed by atoms with Gasteiger partial charge in [-0.25, -0.2) is 0 Å². The van der Waals surface area contributed by atoms with Crippen LogP contribution in [0.15, 0.2) is 11.4 Å². The summed E-state index contributed by atoms with van der Waals surface area (Å²) in [6.07, 6.45) is 0.742. The van der Waals surface area contributed by atoms with Crippen LogP contribution in [0.5, 0.6) is 0 Å². The predicted octanol–water partition coefficient (Wildman–Crippen LogP) is 1.26. The van der Waals surface area contributed by atoms with Crippen molar-refractivity contribution >= 4 is 22.9 Å². The van der Waals surface area contributed by atoms with Crippen LogP contribution in [0.2, 0.25) is 0 Å². The van der Waals surface area contributed by atoms with Crippen LogP contribution in [0.4, 0.5) is 0 Å². The third-order valence-electron chi connectivity index (χ3n) is 2.40. The van der Waals surface area contributed by atoms with E-state index in [1.807, 2.05) is 0 Å². The summed E-state index contributed by atoms with van der Waals surface area (Å²) in [6, 6.07) is 1.75. The molecule has 1 heterocycles. The van der Waals surface area contributed by atoms with Crippen LogP contribution in [-0.4, -0.2) is 16.7 Å². The first-order valence-electron chi connectivity index (χ1n) is 4.46. The second-order valence-electron chi connectivity index (χ2n) is 3.38. The molecule has 2 rings (SSSR count). The van der Waals surface area contributed by atoms with Crippen molar-refractivity contribution in [3.8, 4) is 0 Å². The molecule has 0 spiro atoms. The van der Waals surface area contributed by atoms with E-state index in [1.54, 1.807) is 11.4 Å². The Labute approximate surface area is 85.4 Å². The number of hydrogen-bond donors (Lipinski definition) is 1. The van der Waals surface area contributed by atoms with Gasteiger partial charge in [-0.3, -0.25) is 9.59 Å². The minimum absolute atomic E-state index is 0.0151. The first-order chi connectivity index (χ1) is 6.72. The van der Waals surface area contributed by atoms with E-state index >= 15 is 0 Å². The Kier molecular flexibility index (Phi) is 2.48. The fraction of sp³-hybridized carbons (Fsp3) is 0.400. The molecule has 0 saturated heterocycles. The van der Waals surface area contributed by atoms with Crippen molar-refractivity contribution in [1.29, 1.82) is 0 Å². The molecule has 0 amide bonds. The summed E-state index contributed by atoms with van der Waals surface area (Å²) < 4.78 is 0. The highest BCUT2D eigenvalue weighted by atomic mass is 32.1. The Morgan fingerprint density at radius 3 is 2.50 bits per heavy atom. The molecule has 1 aromatic heterocycles. The number of aliphatic hydroxyl groups excluding tert-OH is 1. The minimum Gasteiger partial charge on any atom is -0.392 e. The molecule has 1 saturated carbocycles. The number of carbonyl (C=O) groups is 2. The van der Waals surface area contributed by atoms with Crippen LogP contribution in [0.3, 0.4) is 0 Å². The summed E-state index contributed by atoms with van der Waals surface area (Å²) in [4.78, 5) is 23.6. The van der Waals surface area contributed by atoms with Gasteiger partial charge in [-0.15, -0.1) is 11.3 Å². The van der Waals surface area contributed by atoms with E-state index in [4.69, 9.17) is 5.11 Å². The smallest absolute Gasteiger partial charge is 0.149 e. The predicted molar refractivity (Wildman–Crippen MR) is 52.2 cm³/mol. The fourth-order valence-corrected chi connectivity index (χ4v) is 2.71. The van der Waals surface area contributed by atoms with Crippen LogP contribution < -0.4 is 0 Å². The Morgan fingerprint density at radius 2 is 2.00 bits per heavy atom. The van der Waals surface area contributed by atoms with Crippen molar-refractivity contribution in [2.24, 2.45) is 0 Å². The van der Waals surface area contributed by atoms with Crippen molar-refractivity contribution in [3.63, 3.8) is 0 Å². The number of rotatable bonds is 2. The Hall–Kier alpha value is -1.00. The molecule has 0 bridgehead atoms. The Morgan fingerprint density at radius 1 is 1.36 bits per heavy atom. The average Bonchev–Trinajstić information content (AvgIpc) is 2.73. The molecule has 1 fully saturated rings. The van der Waals surface area contributed by atoms with Crippen molar-refractivity contribution in [3.05, 3.63) is 21.9 Å². The van der Waals surface area contributed by atoms with Crippen molar-refractivity contribution in [2.75, 3.05) is 0 Å². The van der Waals surface area contributed by atoms with E-state index in [0.717, 1.165) is 10.4 Å². The molecular weight excluding hydrogens is 200 g/mol. The summed E-state index contributed by atoms with van der Waals surface area (Å²) >= 11 is 1.38. The standard InChI is InChI=1S/C10H10O3S/c11-4-6-3-9(14-5-6)10-7(12)1-2-8(10)13/h3,5,10-11H,1-2,4H2. The molecule has 0 aliphatic heterocycles. The van der Waals surface area contributed by atoms with Crippen LogP contribution in [-0.2, 0) is 16.2 Å². The number of Topliss-reactive ketones (excluding diaryl/α,β-unsaturated/α-hetero) is 2. The van der Waals surface area contributed by atoms with Gasteiger partial charge in [0, 0.05) is 17.7 Å². The third-order valence-corrected chi connectivity index (χ3v) is 3.45. The van der Waals surface area contributed by atoms with E-state index in [9.17, 15) is 9.59 Å². The first kappa shape index (κ1) is 9.55. The number of aliphatic hydroxyl groups is 1. The Bertz CT molecular complexity index is 364. The van der Waals surface area contributed by atoms with Gasteiger partial charge in [0.2, 0.25) is 0 Å². The number of thiophene rings is 1. The molecule has 74 valence electrons. The summed E-state index contributed by atoms with van der Waals surface area (Å²) in [7, 11) is 0. The van der Waals surface area contributed by atoms with Crippen molar-refractivity contribution in [2.45, 2.75) is 25.4 Å². The summed E-state index contributed by atoms with van der Waals surface area (Å²) in [6.45, 7) is -0.0361. The van der Waals surface area contributed by atoms with Gasteiger partial charge < -0.3 is 5.11 Å². The van der Waals surface area contributed by atoms with Gasteiger partial charge in [0.25, 0.3) is 0 Å². The van der Waals surface area contributed by atoms with E-state index < -0.39 is 5.92 Å². The van der Waals surface area contributed by atoms with Gasteiger partial charge in [-0.2, -0.15) is 0 Å². The molecule has 1 aliphatic rings. The highest BCUT2D eigenvalue weighted by molar-refractivity contribution is 7.10. The van der Waals surface area contributed by atoms with Crippen LogP contribution in [0.25, 0.3) is 0 Å². The van der Waals surface area contributed by atoms with E-state index in [0.29, 0.717) is 12.8 Å². The summed E-state index contributed by atoms with van der Waals surface area (Å²) in [5, 5.41) is 10.6. The molecular formula is C10H10O3S. The summed E-state index contributed by atoms with van der Waals surface area (Å²) in [5.74, 6) is -0.511. The lowest BCUT2D eigenvalue weighted by atomic mass is 10.0. The number of hydrogen-bond acceptors (Lipinski definition) is 4. The van der Waals surface area contributed by atoms with Gasteiger partial charge in [-0.1, -0.05) is 0 Å². The molecule has 3 nitrogen and oxygen atoms in total. The maximum atomic E-state index is 11.4. The zero-order valence-corrected chi connectivity index (χ0v) is 8.34. The molecule has 0 unspecified atom stereocenters. The van der Waals surface area contributed by atoms with E-state index in [2.05, 4.69) is 0 Å². The van der Waals surface area contributed by atoms with Gasteiger partial charge in [0.15, 0.2) is 0 Å². The van der Waals surface area contributed by atoms with E-state index in [1.165, 1.54) is 11.3 Å². The van der Waals surface area contributed by atoms with Gasteiger partial charge >= 0.3 is 0 Å². The summed E-state index contributed by atoms with van der Waals surface area (Å²) in [5.41, 5.74) is 0.775. The minimum atomic E-state index is -0.541. The molecule has 0 aromatic carbocycles. The van der Waals surface area contributed by atoms with E-state index in [-0.39, 0.29) is 18.2 Å². The topological polar surface area (TPSA) is 54.4 Å². The molecule has 4 heteroatoms. The largest absolute Gasteiger partial charge is 0.392 e. The maximum Gasteiger partial charge on any atom is 0.149 e. The highest BCUT2D eigenvalue weighted by Gasteiger charge is 2.34. The normalized spacial score (nSPS) is 18.1. The first-order valence-corrected chi connectivity index (χ1v) is 5.34. The zero-order chi connectivity index (χ0) is 10.1. The quantitative estimate of drug-likeness (QED) is 0.747. The average molecular weight is 210 g/mol. The van der Waals surface area contributed by atoms with Crippen molar-refractivity contribution in [1.82, 2.24) is 0 Å². The van der Waals surface area contributed by atoms with Crippen LogP contribution >= 0.6 is 11.3 Å². The second-order valence-corrected chi connectivity index (χ2v) is 4.32. The highest BCUT2D eigenvalue weighted by Crippen LogP contribution is 2.32. The number of ketones is 2. The fourth-order valence-electron chi connectivity index (χ4n) is 1.66. The molecule has 1 aliphatic carbocycles.